The predicted molar refractivity (Wildman–Crippen MR) is 96.2 cm³/mol. The van der Waals surface area contributed by atoms with Crippen LogP contribution in [0, 0.1) is 0 Å². The first kappa shape index (κ1) is 17.2. The first-order chi connectivity index (χ1) is 12.3. The van der Waals surface area contributed by atoms with Crippen LogP contribution in [-0.2, 0) is 4.74 Å². The fourth-order valence-electron chi connectivity index (χ4n) is 2.84. The van der Waals surface area contributed by atoms with E-state index in [4.69, 9.17) is 9.47 Å². The minimum absolute atomic E-state index is 0.0201. The number of carbonyl (C=O) groups excluding carboxylic acids is 1. The fraction of sp³-hybridized carbons (Fsp3) is 0.368. The number of ether oxygens (including phenoxy) is 2. The highest BCUT2D eigenvalue weighted by atomic mass is 16.5. The molecule has 1 fully saturated rings. The summed E-state index contributed by atoms with van der Waals surface area (Å²) >= 11 is 0. The molecule has 3 rings (SSSR count). The van der Waals surface area contributed by atoms with Gasteiger partial charge in [-0.25, -0.2) is 4.98 Å². The van der Waals surface area contributed by atoms with Crippen LogP contribution >= 0.6 is 0 Å². The summed E-state index contributed by atoms with van der Waals surface area (Å²) in [5, 5.41) is 0. The third kappa shape index (κ3) is 4.48. The van der Waals surface area contributed by atoms with Gasteiger partial charge in [-0.15, -0.1) is 0 Å². The van der Waals surface area contributed by atoms with E-state index in [9.17, 15) is 4.79 Å². The highest BCUT2D eigenvalue weighted by Gasteiger charge is 2.22. The van der Waals surface area contributed by atoms with Gasteiger partial charge in [0.05, 0.1) is 6.61 Å². The van der Waals surface area contributed by atoms with E-state index in [1.807, 2.05) is 23.1 Å². The van der Waals surface area contributed by atoms with Crippen molar-refractivity contribution in [1.29, 1.82) is 0 Å². The van der Waals surface area contributed by atoms with Crippen molar-refractivity contribution in [3.05, 3.63) is 54.2 Å². The molecule has 1 aliphatic rings. The molecule has 0 atom stereocenters. The maximum Gasteiger partial charge on any atom is 0.254 e. The summed E-state index contributed by atoms with van der Waals surface area (Å²) in [6.07, 6.45) is 1.61. The maximum absolute atomic E-state index is 12.7. The van der Waals surface area contributed by atoms with Crippen LogP contribution in [0.25, 0.3) is 0 Å². The number of hydrogen-bond acceptors (Lipinski definition) is 5. The monoisotopic (exact) mass is 341 g/mol. The zero-order chi connectivity index (χ0) is 17.5. The van der Waals surface area contributed by atoms with E-state index in [2.05, 4.69) is 22.0 Å². The number of hydrogen-bond donors (Lipinski definition) is 0. The molecule has 0 saturated carbocycles. The molecule has 2 heterocycles. The predicted octanol–water partition coefficient (Wildman–Crippen LogP) is 2.07. The Morgan fingerprint density at radius 3 is 2.56 bits per heavy atom. The molecule has 2 aromatic rings. The SMILES string of the molecule is COCCOc1cc(C(=O)N2CCN(c3ccccc3)CC2)ccn1. The van der Waals surface area contributed by atoms with Crippen molar-refractivity contribution in [2.45, 2.75) is 0 Å². The standard InChI is InChI=1S/C19H23N3O3/c1-24-13-14-25-18-15-16(7-8-20-18)19(23)22-11-9-21(10-12-22)17-5-3-2-4-6-17/h2-8,15H,9-14H2,1H3. The van der Waals surface area contributed by atoms with Crippen LogP contribution in [0.4, 0.5) is 5.69 Å². The van der Waals surface area contributed by atoms with Gasteiger partial charge < -0.3 is 19.3 Å². The molecule has 6 heteroatoms. The second-order valence-electron chi connectivity index (χ2n) is 5.84. The Morgan fingerprint density at radius 2 is 1.84 bits per heavy atom. The van der Waals surface area contributed by atoms with Crippen LogP contribution < -0.4 is 9.64 Å². The average molecular weight is 341 g/mol. The van der Waals surface area contributed by atoms with Crippen molar-refractivity contribution in [1.82, 2.24) is 9.88 Å². The minimum Gasteiger partial charge on any atom is -0.475 e. The molecule has 1 saturated heterocycles. The van der Waals surface area contributed by atoms with Crippen LogP contribution in [0.5, 0.6) is 5.88 Å². The Kier molecular flexibility index (Phi) is 5.85. The maximum atomic E-state index is 12.7. The van der Waals surface area contributed by atoms with Gasteiger partial charge in [-0.2, -0.15) is 0 Å². The minimum atomic E-state index is 0.0201. The molecule has 25 heavy (non-hydrogen) atoms. The van der Waals surface area contributed by atoms with E-state index < -0.39 is 0 Å². The lowest BCUT2D eigenvalue weighted by Gasteiger charge is -2.36. The smallest absolute Gasteiger partial charge is 0.254 e. The first-order valence-electron chi connectivity index (χ1n) is 8.45. The average Bonchev–Trinajstić information content (AvgIpc) is 2.69. The number of carbonyl (C=O) groups is 1. The number of amides is 1. The summed E-state index contributed by atoms with van der Waals surface area (Å²) in [6, 6.07) is 13.7. The summed E-state index contributed by atoms with van der Waals surface area (Å²) in [5.74, 6) is 0.470. The molecule has 0 bridgehead atoms. The lowest BCUT2D eigenvalue weighted by atomic mass is 10.2. The number of aromatic nitrogens is 1. The molecule has 132 valence electrons. The molecule has 0 N–H and O–H groups in total. The number of nitrogens with zero attached hydrogens (tertiary/aromatic N) is 3. The Hall–Kier alpha value is -2.60. The largest absolute Gasteiger partial charge is 0.475 e. The van der Waals surface area contributed by atoms with Gasteiger partial charge in [0.2, 0.25) is 5.88 Å². The Balaban J connectivity index is 1.58. The van der Waals surface area contributed by atoms with Crippen molar-refractivity contribution in [2.24, 2.45) is 0 Å². The molecule has 0 spiro atoms. The normalized spacial score (nSPS) is 14.4. The van der Waals surface area contributed by atoms with Crippen LogP contribution in [0.3, 0.4) is 0 Å². The summed E-state index contributed by atoms with van der Waals surface area (Å²) < 4.78 is 10.4. The van der Waals surface area contributed by atoms with Gasteiger partial charge in [0.15, 0.2) is 0 Å². The summed E-state index contributed by atoms with van der Waals surface area (Å²) in [6.45, 7) is 3.97. The van der Waals surface area contributed by atoms with E-state index in [0.717, 1.165) is 13.1 Å². The van der Waals surface area contributed by atoms with Gasteiger partial charge >= 0.3 is 0 Å². The lowest BCUT2D eigenvalue weighted by molar-refractivity contribution is 0.0746. The van der Waals surface area contributed by atoms with Crippen molar-refractivity contribution in [3.8, 4) is 5.88 Å². The van der Waals surface area contributed by atoms with E-state index in [1.165, 1.54) is 5.69 Å². The topological polar surface area (TPSA) is 54.9 Å². The number of benzene rings is 1. The summed E-state index contributed by atoms with van der Waals surface area (Å²) in [7, 11) is 1.62. The third-order valence-corrected chi connectivity index (χ3v) is 4.21. The molecule has 0 radical (unpaired) electrons. The van der Waals surface area contributed by atoms with Crippen molar-refractivity contribution >= 4 is 11.6 Å². The number of rotatable bonds is 6. The van der Waals surface area contributed by atoms with Crippen LogP contribution in [0.2, 0.25) is 0 Å². The van der Waals surface area contributed by atoms with Crippen molar-refractivity contribution in [2.75, 3.05) is 51.4 Å². The number of methoxy groups -OCH3 is 1. The number of para-hydroxylation sites is 1. The quantitative estimate of drug-likeness (QED) is 0.753. The molecule has 1 aromatic heterocycles. The van der Waals surface area contributed by atoms with Crippen LogP contribution in [0.15, 0.2) is 48.7 Å². The fourth-order valence-corrected chi connectivity index (χ4v) is 2.84. The van der Waals surface area contributed by atoms with Gasteiger partial charge in [0, 0.05) is 56.8 Å². The Morgan fingerprint density at radius 1 is 1.08 bits per heavy atom. The van der Waals surface area contributed by atoms with E-state index in [0.29, 0.717) is 37.7 Å². The van der Waals surface area contributed by atoms with Crippen molar-refractivity contribution < 1.29 is 14.3 Å². The lowest BCUT2D eigenvalue weighted by Crippen LogP contribution is -2.48. The first-order valence-corrected chi connectivity index (χ1v) is 8.45. The van der Waals surface area contributed by atoms with Gasteiger partial charge in [0.1, 0.15) is 6.61 Å². The van der Waals surface area contributed by atoms with Gasteiger partial charge in [-0.3, -0.25) is 4.79 Å². The second-order valence-corrected chi connectivity index (χ2v) is 5.84. The molecule has 0 unspecified atom stereocenters. The molecule has 1 aliphatic heterocycles. The Labute approximate surface area is 148 Å². The molecule has 1 aromatic carbocycles. The highest BCUT2D eigenvalue weighted by Crippen LogP contribution is 2.18. The van der Waals surface area contributed by atoms with Gasteiger partial charge in [0.25, 0.3) is 5.91 Å². The van der Waals surface area contributed by atoms with Crippen LogP contribution in [0.1, 0.15) is 10.4 Å². The number of piperazine rings is 1. The van der Waals surface area contributed by atoms with Gasteiger partial charge in [-0.1, -0.05) is 18.2 Å². The second kappa shape index (κ2) is 8.48. The zero-order valence-corrected chi connectivity index (χ0v) is 14.4. The van der Waals surface area contributed by atoms with Crippen LogP contribution in [-0.4, -0.2) is 62.3 Å². The summed E-state index contributed by atoms with van der Waals surface area (Å²) in [4.78, 5) is 21.0. The van der Waals surface area contributed by atoms with E-state index >= 15 is 0 Å². The molecular formula is C19H23N3O3. The molecular weight excluding hydrogens is 318 g/mol. The third-order valence-electron chi connectivity index (χ3n) is 4.21. The van der Waals surface area contributed by atoms with Gasteiger partial charge in [-0.05, 0) is 18.2 Å². The summed E-state index contributed by atoms with van der Waals surface area (Å²) in [5.41, 5.74) is 1.81. The number of anilines is 1. The van der Waals surface area contributed by atoms with E-state index in [-0.39, 0.29) is 5.91 Å². The molecule has 6 nitrogen and oxygen atoms in total. The van der Waals surface area contributed by atoms with E-state index in [1.54, 1.807) is 25.4 Å². The number of pyridine rings is 1. The molecule has 0 aliphatic carbocycles. The molecule has 1 amide bonds. The zero-order valence-electron chi connectivity index (χ0n) is 14.4. The Bertz CT molecular complexity index is 685. The highest BCUT2D eigenvalue weighted by molar-refractivity contribution is 5.94. The van der Waals surface area contributed by atoms with Crippen molar-refractivity contribution in [3.63, 3.8) is 0 Å².